The summed E-state index contributed by atoms with van der Waals surface area (Å²) in [5, 5.41) is 9.16. The number of halogens is 1. The van der Waals surface area contributed by atoms with E-state index < -0.39 is 5.97 Å². The number of rotatable bonds is 7. The predicted octanol–water partition coefficient (Wildman–Crippen LogP) is 4.21. The lowest BCUT2D eigenvalue weighted by Crippen LogP contribution is -2.11. The summed E-state index contributed by atoms with van der Waals surface area (Å²) in [6.45, 7) is 0.750. The van der Waals surface area contributed by atoms with Gasteiger partial charge in [-0.3, -0.25) is 4.79 Å². The van der Waals surface area contributed by atoms with Gasteiger partial charge < -0.3 is 9.84 Å². The summed E-state index contributed by atoms with van der Waals surface area (Å²) < 4.78 is 6.93. The minimum absolute atomic E-state index is 0.0826. The molecule has 1 atom stereocenters. The van der Waals surface area contributed by atoms with E-state index in [1.807, 2.05) is 18.2 Å². The quantitative estimate of drug-likeness (QED) is 0.810. The predicted molar refractivity (Wildman–Crippen MR) is 80.1 cm³/mol. The van der Waals surface area contributed by atoms with Crippen LogP contribution in [0.4, 0.5) is 0 Å². The van der Waals surface area contributed by atoms with Gasteiger partial charge in [-0.2, -0.15) is 0 Å². The summed E-state index contributed by atoms with van der Waals surface area (Å²) in [5.41, 5.74) is 1.06. The zero-order valence-corrected chi connectivity index (χ0v) is 12.9. The van der Waals surface area contributed by atoms with Gasteiger partial charge in [0.25, 0.3) is 0 Å². The van der Waals surface area contributed by atoms with Crippen molar-refractivity contribution in [3.63, 3.8) is 0 Å². The SMILES string of the molecule is O=C(O)CC(c1cccc(Br)c1OCC1CC1)C1CC1. The molecule has 3 rings (SSSR count). The van der Waals surface area contributed by atoms with Gasteiger partial charge in [0.05, 0.1) is 17.5 Å². The van der Waals surface area contributed by atoms with E-state index in [2.05, 4.69) is 15.9 Å². The maximum absolute atomic E-state index is 11.1. The van der Waals surface area contributed by atoms with E-state index in [1.54, 1.807) is 0 Å². The summed E-state index contributed by atoms with van der Waals surface area (Å²) >= 11 is 3.55. The Kier molecular flexibility index (Phi) is 4.01. The highest BCUT2D eigenvalue weighted by molar-refractivity contribution is 9.10. The van der Waals surface area contributed by atoms with Gasteiger partial charge in [-0.15, -0.1) is 0 Å². The van der Waals surface area contributed by atoms with Gasteiger partial charge in [-0.05, 0) is 65.1 Å². The van der Waals surface area contributed by atoms with Crippen molar-refractivity contribution in [1.29, 1.82) is 0 Å². The summed E-state index contributed by atoms with van der Waals surface area (Å²) in [4.78, 5) is 11.1. The molecule has 0 spiro atoms. The largest absolute Gasteiger partial charge is 0.492 e. The molecule has 0 aliphatic heterocycles. The molecule has 0 heterocycles. The van der Waals surface area contributed by atoms with E-state index in [9.17, 15) is 4.79 Å². The zero-order chi connectivity index (χ0) is 14.1. The number of hydrogen-bond donors (Lipinski definition) is 1. The van der Waals surface area contributed by atoms with E-state index in [0.29, 0.717) is 11.8 Å². The van der Waals surface area contributed by atoms with E-state index in [1.165, 1.54) is 12.8 Å². The average molecular weight is 339 g/mol. The second-order valence-electron chi connectivity index (χ2n) is 5.95. The summed E-state index contributed by atoms with van der Waals surface area (Å²) in [6.07, 6.45) is 4.96. The van der Waals surface area contributed by atoms with E-state index in [4.69, 9.17) is 9.84 Å². The van der Waals surface area contributed by atoms with Gasteiger partial charge in [0.2, 0.25) is 0 Å². The molecule has 1 N–H and O–H groups in total. The van der Waals surface area contributed by atoms with Crippen molar-refractivity contribution in [2.24, 2.45) is 11.8 Å². The van der Waals surface area contributed by atoms with Crippen LogP contribution in [-0.4, -0.2) is 17.7 Å². The Balaban J connectivity index is 1.84. The summed E-state index contributed by atoms with van der Waals surface area (Å²) in [6, 6.07) is 5.97. The fourth-order valence-electron chi connectivity index (χ4n) is 2.67. The fourth-order valence-corrected chi connectivity index (χ4v) is 3.17. The van der Waals surface area contributed by atoms with Crippen molar-refractivity contribution in [3.8, 4) is 5.75 Å². The van der Waals surface area contributed by atoms with Crippen molar-refractivity contribution in [3.05, 3.63) is 28.2 Å². The first-order chi connectivity index (χ1) is 9.65. The summed E-state index contributed by atoms with van der Waals surface area (Å²) in [5.74, 6) is 1.41. The molecule has 1 unspecified atom stereocenters. The Morgan fingerprint density at radius 1 is 1.35 bits per heavy atom. The average Bonchev–Trinajstić information content (AvgIpc) is 3.27. The van der Waals surface area contributed by atoms with Gasteiger partial charge in [-0.25, -0.2) is 0 Å². The third-order valence-electron chi connectivity index (χ3n) is 4.14. The number of aliphatic carboxylic acids is 1. The minimum Gasteiger partial charge on any atom is -0.492 e. The molecule has 2 fully saturated rings. The Labute approximate surface area is 127 Å². The summed E-state index contributed by atoms with van der Waals surface area (Å²) in [7, 11) is 0. The molecule has 0 bridgehead atoms. The lowest BCUT2D eigenvalue weighted by Gasteiger charge is -2.20. The molecule has 2 aliphatic carbocycles. The molecule has 0 radical (unpaired) electrons. The van der Waals surface area contributed by atoms with Gasteiger partial charge >= 0.3 is 5.97 Å². The van der Waals surface area contributed by atoms with Crippen LogP contribution in [-0.2, 0) is 4.79 Å². The van der Waals surface area contributed by atoms with Crippen molar-refractivity contribution < 1.29 is 14.6 Å². The maximum atomic E-state index is 11.1. The molecule has 4 heteroatoms. The van der Waals surface area contributed by atoms with E-state index in [-0.39, 0.29) is 12.3 Å². The topological polar surface area (TPSA) is 46.5 Å². The van der Waals surface area contributed by atoms with Crippen LogP contribution in [0.25, 0.3) is 0 Å². The first kappa shape index (κ1) is 13.9. The number of carboxylic acids is 1. The molecule has 1 aromatic rings. The van der Waals surface area contributed by atoms with Crippen LogP contribution in [0.2, 0.25) is 0 Å². The maximum Gasteiger partial charge on any atom is 0.303 e. The number of carbonyl (C=O) groups is 1. The van der Waals surface area contributed by atoms with Gasteiger partial charge in [0.15, 0.2) is 0 Å². The third kappa shape index (κ3) is 3.35. The number of carboxylic acid groups (broad SMARTS) is 1. The van der Waals surface area contributed by atoms with Crippen molar-refractivity contribution >= 4 is 21.9 Å². The molecular weight excluding hydrogens is 320 g/mol. The van der Waals surface area contributed by atoms with Crippen LogP contribution in [0, 0.1) is 11.8 Å². The normalized spacial score (nSPS) is 19.6. The number of benzene rings is 1. The lowest BCUT2D eigenvalue weighted by molar-refractivity contribution is -0.137. The lowest BCUT2D eigenvalue weighted by atomic mass is 9.90. The first-order valence-corrected chi connectivity index (χ1v) is 8.07. The van der Waals surface area contributed by atoms with Crippen molar-refractivity contribution in [2.75, 3.05) is 6.61 Å². The molecule has 20 heavy (non-hydrogen) atoms. The van der Waals surface area contributed by atoms with Crippen LogP contribution in [0.5, 0.6) is 5.75 Å². The Hall–Kier alpha value is -1.03. The Morgan fingerprint density at radius 3 is 2.70 bits per heavy atom. The standard InChI is InChI=1S/C16H19BrO3/c17-14-3-1-2-12(16(14)20-9-10-4-5-10)13(8-15(18)19)11-6-7-11/h1-3,10-11,13H,4-9H2,(H,18,19). The third-order valence-corrected chi connectivity index (χ3v) is 4.77. The van der Waals surface area contributed by atoms with Crippen LogP contribution in [0.15, 0.2) is 22.7 Å². The van der Waals surface area contributed by atoms with Crippen LogP contribution in [0.1, 0.15) is 43.6 Å². The van der Waals surface area contributed by atoms with Crippen molar-refractivity contribution in [1.82, 2.24) is 0 Å². The minimum atomic E-state index is -0.727. The second kappa shape index (κ2) is 5.76. The molecule has 0 saturated heterocycles. The molecular formula is C16H19BrO3. The Bertz CT molecular complexity index is 506. The molecule has 0 amide bonds. The highest BCUT2D eigenvalue weighted by atomic mass is 79.9. The monoisotopic (exact) mass is 338 g/mol. The number of hydrogen-bond acceptors (Lipinski definition) is 2. The van der Waals surface area contributed by atoms with Crippen LogP contribution >= 0.6 is 15.9 Å². The molecule has 2 saturated carbocycles. The van der Waals surface area contributed by atoms with Crippen molar-refractivity contribution in [2.45, 2.75) is 38.0 Å². The van der Waals surface area contributed by atoms with Gasteiger partial charge in [0.1, 0.15) is 5.75 Å². The number of ether oxygens (including phenoxy) is 1. The number of para-hydroxylation sites is 1. The second-order valence-corrected chi connectivity index (χ2v) is 6.81. The first-order valence-electron chi connectivity index (χ1n) is 7.28. The smallest absolute Gasteiger partial charge is 0.303 e. The highest BCUT2D eigenvalue weighted by Crippen LogP contribution is 2.48. The van der Waals surface area contributed by atoms with Crippen LogP contribution in [0.3, 0.4) is 0 Å². The Morgan fingerprint density at radius 2 is 2.10 bits per heavy atom. The van der Waals surface area contributed by atoms with Crippen LogP contribution < -0.4 is 4.74 Å². The molecule has 1 aromatic carbocycles. The van der Waals surface area contributed by atoms with Gasteiger partial charge in [0, 0.05) is 5.92 Å². The zero-order valence-electron chi connectivity index (χ0n) is 11.3. The van der Waals surface area contributed by atoms with Gasteiger partial charge in [-0.1, -0.05) is 12.1 Å². The molecule has 108 valence electrons. The molecule has 3 nitrogen and oxygen atoms in total. The molecule has 0 aromatic heterocycles. The van der Waals surface area contributed by atoms with E-state index in [0.717, 1.165) is 35.2 Å². The molecule has 2 aliphatic rings. The highest BCUT2D eigenvalue weighted by Gasteiger charge is 2.36. The van der Waals surface area contributed by atoms with E-state index >= 15 is 0 Å². The fraction of sp³-hybridized carbons (Fsp3) is 0.562.